The van der Waals surface area contributed by atoms with Crippen LogP contribution in [0.4, 0.5) is 22.0 Å². The van der Waals surface area contributed by atoms with Crippen molar-refractivity contribution in [3.63, 3.8) is 0 Å². The predicted molar refractivity (Wildman–Crippen MR) is 93.1 cm³/mol. The number of aryl methyl sites for hydroxylation is 1. The molecule has 3 rings (SSSR count). The number of carbonyl (C=O) groups is 1. The van der Waals surface area contributed by atoms with Gasteiger partial charge in [0.25, 0.3) is 5.91 Å². The maximum absolute atomic E-state index is 13.6. The van der Waals surface area contributed by atoms with E-state index in [1.165, 1.54) is 12.1 Å². The van der Waals surface area contributed by atoms with Crippen molar-refractivity contribution >= 4 is 5.91 Å². The molecule has 0 radical (unpaired) electrons. The summed E-state index contributed by atoms with van der Waals surface area (Å²) in [4.78, 5) is 12.3. The molecule has 2 heterocycles. The van der Waals surface area contributed by atoms with Gasteiger partial charge in [-0.05, 0) is 32.0 Å². The number of amides is 1. The van der Waals surface area contributed by atoms with Crippen molar-refractivity contribution in [3.8, 4) is 5.75 Å². The maximum atomic E-state index is 13.6. The van der Waals surface area contributed by atoms with Crippen LogP contribution in [0.5, 0.6) is 5.75 Å². The number of furan rings is 1. The molecule has 2 aromatic heterocycles. The lowest BCUT2D eigenvalue weighted by molar-refractivity contribution is 0.0905. The van der Waals surface area contributed by atoms with Gasteiger partial charge in [-0.2, -0.15) is 13.9 Å². The number of hydrogen-bond donors (Lipinski definition) is 1. The average Bonchev–Trinajstić information content (AvgIpc) is 3.40. The SMILES string of the molecule is CCn1nccc1C(C)NC(=O)c1ccc(COc2c(F)c(F)c(F)c(F)c2F)o1. The van der Waals surface area contributed by atoms with Gasteiger partial charge in [0.1, 0.15) is 12.4 Å². The Kier molecular flexibility index (Phi) is 6.09. The van der Waals surface area contributed by atoms with E-state index in [0.29, 0.717) is 6.54 Å². The third-order valence-electron chi connectivity index (χ3n) is 4.25. The standard InChI is InChI=1S/C19H16F5N3O3/c1-3-27-11(6-7-25-27)9(2)26-19(28)12-5-4-10(30-12)8-29-18-16(23)14(21)13(20)15(22)17(18)24/h4-7,9H,3,8H2,1-2H3,(H,26,28). The highest BCUT2D eigenvalue weighted by Crippen LogP contribution is 2.29. The molecule has 0 fully saturated rings. The topological polar surface area (TPSA) is 69.3 Å². The first-order valence-electron chi connectivity index (χ1n) is 8.80. The fraction of sp³-hybridized carbons (Fsp3) is 0.263. The first kappa shape index (κ1) is 21.3. The Balaban J connectivity index is 1.68. The second kappa shape index (κ2) is 8.56. The summed E-state index contributed by atoms with van der Waals surface area (Å²) in [6.07, 6.45) is 1.60. The van der Waals surface area contributed by atoms with Crippen LogP contribution in [0.15, 0.2) is 28.8 Å². The number of nitrogens with zero attached hydrogens (tertiary/aromatic N) is 2. The van der Waals surface area contributed by atoms with Crippen molar-refractivity contribution < 1.29 is 35.9 Å². The number of aromatic nitrogens is 2. The number of halogens is 5. The summed E-state index contributed by atoms with van der Waals surface area (Å²) < 4.78 is 78.4. The van der Waals surface area contributed by atoms with Crippen LogP contribution in [-0.2, 0) is 13.2 Å². The second-order valence-electron chi connectivity index (χ2n) is 6.22. The van der Waals surface area contributed by atoms with E-state index in [4.69, 9.17) is 9.15 Å². The lowest BCUT2D eigenvalue weighted by Gasteiger charge is -2.14. The van der Waals surface area contributed by atoms with E-state index in [2.05, 4.69) is 10.4 Å². The molecule has 30 heavy (non-hydrogen) atoms. The highest BCUT2D eigenvalue weighted by atomic mass is 19.2. The minimum absolute atomic E-state index is 0.0599. The molecule has 0 aliphatic rings. The Morgan fingerprint density at radius 2 is 1.73 bits per heavy atom. The van der Waals surface area contributed by atoms with E-state index in [1.807, 2.05) is 6.92 Å². The van der Waals surface area contributed by atoms with Crippen LogP contribution in [0.3, 0.4) is 0 Å². The van der Waals surface area contributed by atoms with Gasteiger partial charge >= 0.3 is 0 Å². The van der Waals surface area contributed by atoms with Crippen LogP contribution in [-0.4, -0.2) is 15.7 Å². The zero-order chi connectivity index (χ0) is 22.0. The number of hydrogen-bond acceptors (Lipinski definition) is 4. The quantitative estimate of drug-likeness (QED) is 0.346. The fourth-order valence-corrected chi connectivity index (χ4v) is 2.75. The number of ether oxygens (including phenoxy) is 1. The van der Waals surface area contributed by atoms with E-state index < -0.39 is 53.4 Å². The Bertz CT molecular complexity index is 1050. The molecule has 0 saturated carbocycles. The maximum Gasteiger partial charge on any atom is 0.287 e. The molecule has 160 valence electrons. The molecule has 6 nitrogen and oxygen atoms in total. The van der Waals surface area contributed by atoms with Gasteiger partial charge in [-0.3, -0.25) is 9.48 Å². The highest BCUT2D eigenvalue weighted by molar-refractivity contribution is 5.91. The molecular weight excluding hydrogens is 413 g/mol. The van der Waals surface area contributed by atoms with E-state index in [9.17, 15) is 26.7 Å². The molecule has 1 aromatic carbocycles. The number of carbonyl (C=O) groups excluding carboxylic acids is 1. The number of benzene rings is 1. The molecule has 11 heteroatoms. The third-order valence-corrected chi connectivity index (χ3v) is 4.25. The molecule has 0 spiro atoms. The van der Waals surface area contributed by atoms with Crippen molar-refractivity contribution in [2.75, 3.05) is 0 Å². The van der Waals surface area contributed by atoms with Gasteiger partial charge in [-0.25, -0.2) is 13.2 Å². The van der Waals surface area contributed by atoms with Crippen molar-refractivity contribution in [2.45, 2.75) is 33.0 Å². The predicted octanol–water partition coefficient (Wildman–Crippen LogP) is 4.26. The normalized spacial score (nSPS) is 12.1. The molecular formula is C19H16F5N3O3. The number of rotatable bonds is 7. The van der Waals surface area contributed by atoms with Crippen LogP contribution in [0.25, 0.3) is 0 Å². The fourth-order valence-electron chi connectivity index (χ4n) is 2.75. The molecule has 1 atom stereocenters. The Hall–Kier alpha value is -3.37. The van der Waals surface area contributed by atoms with Crippen molar-refractivity contribution in [2.24, 2.45) is 0 Å². The Labute approximate surface area is 167 Å². The zero-order valence-corrected chi connectivity index (χ0v) is 15.8. The summed E-state index contributed by atoms with van der Waals surface area (Å²) in [6, 6.07) is 3.93. The van der Waals surface area contributed by atoms with Gasteiger partial charge in [-0.15, -0.1) is 0 Å². The first-order valence-corrected chi connectivity index (χ1v) is 8.80. The molecule has 0 aliphatic heterocycles. The van der Waals surface area contributed by atoms with E-state index in [-0.39, 0.29) is 11.5 Å². The monoisotopic (exact) mass is 429 g/mol. The summed E-state index contributed by atoms with van der Waals surface area (Å²) in [5.41, 5.74) is 0.771. The average molecular weight is 429 g/mol. The van der Waals surface area contributed by atoms with E-state index >= 15 is 0 Å². The first-order chi connectivity index (χ1) is 14.2. The summed E-state index contributed by atoms with van der Waals surface area (Å²) in [6.45, 7) is 3.60. The van der Waals surface area contributed by atoms with Crippen molar-refractivity contribution in [3.05, 3.63) is 70.7 Å². The molecule has 0 aliphatic carbocycles. The molecule has 3 aromatic rings. The third kappa shape index (κ3) is 4.00. The summed E-state index contributed by atoms with van der Waals surface area (Å²) in [5.74, 6) is -12.9. The second-order valence-corrected chi connectivity index (χ2v) is 6.22. The van der Waals surface area contributed by atoms with Gasteiger partial charge in [0.2, 0.25) is 29.1 Å². The highest BCUT2D eigenvalue weighted by Gasteiger charge is 2.27. The lowest BCUT2D eigenvalue weighted by Crippen LogP contribution is -2.28. The minimum Gasteiger partial charge on any atom is -0.479 e. The van der Waals surface area contributed by atoms with E-state index in [0.717, 1.165) is 5.69 Å². The van der Waals surface area contributed by atoms with Crippen molar-refractivity contribution in [1.29, 1.82) is 0 Å². The summed E-state index contributed by atoms with van der Waals surface area (Å²) in [7, 11) is 0. The van der Waals surface area contributed by atoms with Crippen molar-refractivity contribution in [1.82, 2.24) is 15.1 Å². The van der Waals surface area contributed by atoms with Gasteiger partial charge in [-0.1, -0.05) is 0 Å². The summed E-state index contributed by atoms with van der Waals surface area (Å²) >= 11 is 0. The zero-order valence-electron chi connectivity index (χ0n) is 15.8. The Morgan fingerprint density at radius 3 is 2.37 bits per heavy atom. The molecule has 1 amide bonds. The molecule has 0 bridgehead atoms. The van der Waals surface area contributed by atoms with Gasteiger partial charge < -0.3 is 14.5 Å². The summed E-state index contributed by atoms with van der Waals surface area (Å²) in [5, 5.41) is 6.82. The lowest BCUT2D eigenvalue weighted by atomic mass is 10.2. The molecule has 1 unspecified atom stereocenters. The van der Waals surface area contributed by atoms with Gasteiger partial charge in [0, 0.05) is 12.7 Å². The Morgan fingerprint density at radius 1 is 1.10 bits per heavy atom. The largest absolute Gasteiger partial charge is 0.479 e. The van der Waals surface area contributed by atoms with Gasteiger partial charge in [0.15, 0.2) is 11.5 Å². The van der Waals surface area contributed by atoms with Crippen LogP contribution in [0, 0.1) is 29.1 Å². The van der Waals surface area contributed by atoms with Crippen LogP contribution >= 0.6 is 0 Å². The van der Waals surface area contributed by atoms with Crippen LogP contribution in [0.1, 0.15) is 41.9 Å². The molecule has 0 saturated heterocycles. The van der Waals surface area contributed by atoms with E-state index in [1.54, 1.807) is 23.9 Å². The van der Waals surface area contributed by atoms with Crippen LogP contribution < -0.4 is 10.1 Å². The molecule has 1 N–H and O–H groups in total. The minimum atomic E-state index is -2.28. The van der Waals surface area contributed by atoms with Gasteiger partial charge in [0.05, 0.1) is 11.7 Å². The smallest absolute Gasteiger partial charge is 0.287 e. The van der Waals surface area contributed by atoms with Crippen LogP contribution in [0.2, 0.25) is 0 Å². The number of nitrogens with one attached hydrogen (secondary N) is 1.